The number of fused-ring (bicyclic) bond motifs is 5. The van der Waals surface area contributed by atoms with Crippen LogP contribution in [0.4, 0.5) is 0 Å². The number of hydrogen-bond acceptors (Lipinski definition) is 2. The maximum Gasteiger partial charge on any atom is 0.220 e. The zero-order valence-electron chi connectivity index (χ0n) is 21.2. The summed E-state index contributed by atoms with van der Waals surface area (Å²) in [4.78, 5) is 23.3. The van der Waals surface area contributed by atoms with Gasteiger partial charge in [-0.25, -0.2) is 0 Å². The first-order valence-electron chi connectivity index (χ1n) is 13.8. The van der Waals surface area contributed by atoms with Gasteiger partial charge >= 0.3 is 0 Å². The van der Waals surface area contributed by atoms with Crippen LogP contribution >= 0.6 is 0 Å². The van der Waals surface area contributed by atoms with Crippen molar-refractivity contribution < 1.29 is 9.59 Å². The van der Waals surface area contributed by atoms with Gasteiger partial charge in [0, 0.05) is 26.4 Å². The lowest BCUT2D eigenvalue weighted by Crippen LogP contribution is -2.53. The Balaban J connectivity index is 1.32. The molecule has 0 radical (unpaired) electrons. The Bertz CT molecular complexity index is 693. The Kier molecular flexibility index (Phi) is 7.27. The van der Waals surface area contributed by atoms with Crippen molar-refractivity contribution in [3.63, 3.8) is 0 Å². The maximum absolute atomic E-state index is 12.3. The average molecular weight is 445 g/mol. The standard InChI is InChI=1S/C28H48N2O2/c1-19(8-13-26(32)30-18-17-29-20(2)31)23-11-12-24-22-10-9-21-7-5-6-15-27(21,3)25(22)14-16-28(23,24)4/h19,21-25H,5-18H2,1-4H3,(H,29,31)(H,30,32)/t19-,21?,22?,23?,24?,25?,27?,28?/m1/s1. The van der Waals surface area contributed by atoms with Gasteiger partial charge in [0.2, 0.25) is 11.8 Å². The molecule has 0 aromatic rings. The predicted molar refractivity (Wildman–Crippen MR) is 130 cm³/mol. The van der Waals surface area contributed by atoms with Crippen LogP contribution in [0.5, 0.6) is 0 Å². The molecule has 0 saturated heterocycles. The Morgan fingerprint density at radius 3 is 2.41 bits per heavy atom. The first kappa shape index (κ1) is 24.1. The topological polar surface area (TPSA) is 58.2 Å². The van der Waals surface area contributed by atoms with E-state index in [1.807, 2.05) is 0 Å². The molecule has 2 amide bonds. The maximum atomic E-state index is 12.3. The lowest BCUT2D eigenvalue weighted by Gasteiger charge is -2.61. The van der Waals surface area contributed by atoms with Crippen molar-refractivity contribution in [2.75, 3.05) is 13.1 Å². The molecule has 182 valence electrons. The fourth-order valence-electron chi connectivity index (χ4n) is 9.36. The zero-order chi connectivity index (χ0) is 22.9. The summed E-state index contributed by atoms with van der Waals surface area (Å²) in [5.41, 5.74) is 1.11. The molecule has 4 nitrogen and oxygen atoms in total. The summed E-state index contributed by atoms with van der Waals surface area (Å²) in [6.07, 6.45) is 16.2. The summed E-state index contributed by atoms with van der Waals surface area (Å²) >= 11 is 0. The van der Waals surface area contributed by atoms with Crippen LogP contribution in [0.15, 0.2) is 0 Å². The molecule has 0 spiro atoms. The van der Waals surface area contributed by atoms with Crippen LogP contribution in [0.3, 0.4) is 0 Å². The van der Waals surface area contributed by atoms with E-state index < -0.39 is 0 Å². The average Bonchev–Trinajstić information content (AvgIpc) is 3.12. The van der Waals surface area contributed by atoms with E-state index in [1.165, 1.54) is 71.1 Å². The van der Waals surface area contributed by atoms with Gasteiger partial charge in [-0.05, 0) is 104 Å². The molecule has 4 aliphatic carbocycles. The van der Waals surface area contributed by atoms with Gasteiger partial charge in [0.25, 0.3) is 0 Å². The number of nitrogens with one attached hydrogen (secondary N) is 2. The van der Waals surface area contributed by atoms with Gasteiger partial charge in [0.1, 0.15) is 0 Å². The van der Waals surface area contributed by atoms with Crippen LogP contribution in [0, 0.1) is 46.3 Å². The molecule has 32 heavy (non-hydrogen) atoms. The SMILES string of the molecule is CC(=O)NCCNC(=O)CC[C@@H](C)C1CCC2C3CCC4CCCCC4(C)C3CCC21C. The molecule has 0 aromatic heterocycles. The van der Waals surface area contributed by atoms with E-state index in [-0.39, 0.29) is 11.8 Å². The molecule has 2 N–H and O–H groups in total. The molecule has 7 unspecified atom stereocenters. The van der Waals surface area contributed by atoms with E-state index >= 15 is 0 Å². The van der Waals surface area contributed by atoms with Crippen molar-refractivity contribution >= 4 is 11.8 Å². The molecule has 8 atom stereocenters. The Morgan fingerprint density at radius 2 is 1.62 bits per heavy atom. The van der Waals surface area contributed by atoms with Crippen LogP contribution in [-0.4, -0.2) is 24.9 Å². The first-order chi connectivity index (χ1) is 15.3. The second-order valence-corrected chi connectivity index (χ2v) is 12.5. The third kappa shape index (κ3) is 4.49. The fourth-order valence-corrected chi connectivity index (χ4v) is 9.36. The molecule has 4 heteroatoms. The highest BCUT2D eigenvalue weighted by molar-refractivity contribution is 5.76. The second-order valence-electron chi connectivity index (χ2n) is 12.5. The van der Waals surface area contributed by atoms with Gasteiger partial charge < -0.3 is 10.6 Å². The zero-order valence-corrected chi connectivity index (χ0v) is 21.2. The largest absolute Gasteiger partial charge is 0.355 e. The highest BCUT2D eigenvalue weighted by atomic mass is 16.2. The summed E-state index contributed by atoms with van der Waals surface area (Å²) in [6.45, 7) is 10.3. The fraction of sp³-hybridized carbons (Fsp3) is 0.929. The molecule has 0 heterocycles. The molecular formula is C28H48N2O2. The Hall–Kier alpha value is -1.06. The molecule has 4 rings (SSSR count). The summed E-state index contributed by atoms with van der Waals surface area (Å²) < 4.78 is 0. The quantitative estimate of drug-likeness (QED) is 0.495. The van der Waals surface area contributed by atoms with E-state index in [2.05, 4.69) is 31.4 Å². The van der Waals surface area contributed by atoms with Crippen molar-refractivity contribution in [1.29, 1.82) is 0 Å². The summed E-state index contributed by atoms with van der Waals surface area (Å²) in [5.74, 6) is 5.33. The highest BCUT2D eigenvalue weighted by Gasteiger charge is 2.60. The van der Waals surface area contributed by atoms with Crippen LogP contribution in [0.1, 0.15) is 105 Å². The van der Waals surface area contributed by atoms with Crippen LogP contribution < -0.4 is 10.6 Å². The molecule has 4 fully saturated rings. The monoisotopic (exact) mass is 444 g/mol. The van der Waals surface area contributed by atoms with Gasteiger partial charge in [-0.3, -0.25) is 9.59 Å². The van der Waals surface area contributed by atoms with Crippen LogP contribution in [-0.2, 0) is 9.59 Å². The van der Waals surface area contributed by atoms with Crippen molar-refractivity contribution in [2.45, 2.75) is 105 Å². The Labute approximate surface area is 196 Å². The van der Waals surface area contributed by atoms with Gasteiger partial charge in [-0.15, -0.1) is 0 Å². The van der Waals surface area contributed by atoms with Gasteiger partial charge in [0.05, 0.1) is 0 Å². The minimum Gasteiger partial charge on any atom is -0.355 e. The number of carbonyl (C=O) groups is 2. The number of amides is 2. The van der Waals surface area contributed by atoms with Crippen LogP contribution in [0.2, 0.25) is 0 Å². The predicted octanol–water partition coefficient (Wildman–Crippen LogP) is 5.70. The van der Waals surface area contributed by atoms with Crippen LogP contribution in [0.25, 0.3) is 0 Å². The third-order valence-electron chi connectivity index (χ3n) is 11.0. The molecule has 0 bridgehead atoms. The van der Waals surface area contributed by atoms with Crippen molar-refractivity contribution in [3.05, 3.63) is 0 Å². The van der Waals surface area contributed by atoms with Crippen molar-refractivity contribution in [1.82, 2.24) is 10.6 Å². The minimum atomic E-state index is -0.0439. The lowest BCUT2D eigenvalue weighted by atomic mass is 9.44. The van der Waals surface area contributed by atoms with Gasteiger partial charge in [-0.2, -0.15) is 0 Å². The summed E-state index contributed by atoms with van der Waals surface area (Å²) in [6, 6.07) is 0. The lowest BCUT2D eigenvalue weighted by molar-refractivity contribution is -0.123. The number of rotatable bonds is 7. The Morgan fingerprint density at radius 1 is 0.875 bits per heavy atom. The van der Waals surface area contributed by atoms with E-state index in [9.17, 15) is 9.59 Å². The molecule has 4 aliphatic rings. The smallest absolute Gasteiger partial charge is 0.220 e. The third-order valence-corrected chi connectivity index (χ3v) is 11.0. The molecule has 0 aliphatic heterocycles. The highest BCUT2D eigenvalue weighted by Crippen LogP contribution is 2.68. The van der Waals surface area contributed by atoms with E-state index in [1.54, 1.807) is 0 Å². The van der Waals surface area contributed by atoms with E-state index in [0.717, 1.165) is 36.0 Å². The minimum absolute atomic E-state index is 0.0439. The molecule has 0 aromatic carbocycles. The number of hydrogen-bond donors (Lipinski definition) is 2. The first-order valence-corrected chi connectivity index (χ1v) is 13.8. The second kappa shape index (κ2) is 9.66. The normalized spacial score (nSPS) is 41.7. The molecular weight excluding hydrogens is 396 g/mol. The molecule has 4 saturated carbocycles. The van der Waals surface area contributed by atoms with E-state index in [4.69, 9.17) is 0 Å². The van der Waals surface area contributed by atoms with Crippen molar-refractivity contribution in [2.24, 2.45) is 46.3 Å². The number of carbonyl (C=O) groups excluding carboxylic acids is 2. The van der Waals surface area contributed by atoms with Gasteiger partial charge in [-0.1, -0.05) is 33.6 Å². The van der Waals surface area contributed by atoms with Crippen molar-refractivity contribution in [3.8, 4) is 0 Å². The van der Waals surface area contributed by atoms with E-state index in [0.29, 0.717) is 36.3 Å². The summed E-state index contributed by atoms with van der Waals surface area (Å²) in [7, 11) is 0. The van der Waals surface area contributed by atoms with Gasteiger partial charge in [0.15, 0.2) is 0 Å². The summed E-state index contributed by atoms with van der Waals surface area (Å²) in [5, 5.41) is 5.70.